The number of aryl methyl sites for hydroxylation is 1. The molecule has 6 rings (SSSR count). The lowest BCUT2D eigenvalue weighted by Gasteiger charge is -2.34. The van der Waals surface area contributed by atoms with Crippen LogP contribution in [0.5, 0.6) is 11.8 Å². The molecule has 0 radical (unpaired) electrons. The molecular weight excluding hydrogens is 504 g/mol. The van der Waals surface area contributed by atoms with Crippen molar-refractivity contribution in [3.8, 4) is 22.9 Å². The van der Waals surface area contributed by atoms with Gasteiger partial charge in [0.05, 0.1) is 0 Å². The summed E-state index contributed by atoms with van der Waals surface area (Å²) in [7, 11) is 0. The molecule has 1 saturated heterocycles. The lowest BCUT2D eigenvalue weighted by Crippen LogP contribution is -2.32. The van der Waals surface area contributed by atoms with Crippen LogP contribution < -0.4 is 14.4 Å². The summed E-state index contributed by atoms with van der Waals surface area (Å²) in [6.45, 7) is 5.22. The smallest absolute Gasteiger partial charge is 0.225 e. The third-order valence-electron chi connectivity index (χ3n) is 7.87. The van der Waals surface area contributed by atoms with E-state index in [4.69, 9.17) is 14.5 Å². The van der Waals surface area contributed by atoms with Crippen LogP contribution in [0.25, 0.3) is 11.1 Å². The molecule has 0 bridgehead atoms. The summed E-state index contributed by atoms with van der Waals surface area (Å²) in [6.07, 6.45) is 2.32. The highest BCUT2D eigenvalue weighted by Crippen LogP contribution is 2.35. The molecule has 5 aromatic rings. The fourth-order valence-electron chi connectivity index (χ4n) is 5.45. The van der Waals surface area contributed by atoms with Crippen LogP contribution in [0.15, 0.2) is 121 Å². The number of piperidine rings is 1. The molecule has 4 heteroatoms. The minimum atomic E-state index is 0.445. The summed E-state index contributed by atoms with van der Waals surface area (Å²) in [5.74, 6) is 1.71. The van der Waals surface area contributed by atoms with E-state index in [0.29, 0.717) is 30.9 Å². The van der Waals surface area contributed by atoms with Gasteiger partial charge in [0.15, 0.2) is 0 Å². The normalized spacial score (nSPS) is 13.6. The second-order valence-corrected chi connectivity index (χ2v) is 10.8. The maximum Gasteiger partial charge on any atom is 0.225 e. The second kappa shape index (κ2) is 12.7. The molecule has 206 valence electrons. The Kier molecular flexibility index (Phi) is 8.27. The number of benzene rings is 4. The van der Waals surface area contributed by atoms with Crippen LogP contribution in [0, 0.1) is 6.92 Å². The fourth-order valence-corrected chi connectivity index (χ4v) is 5.45. The first-order valence-corrected chi connectivity index (χ1v) is 14.5. The zero-order valence-corrected chi connectivity index (χ0v) is 23.6. The number of hydrogen-bond acceptors (Lipinski definition) is 4. The summed E-state index contributed by atoms with van der Waals surface area (Å²) in [4.78, 5) is 7.29. The number of hydrogen-bond donors (Lipinski definition) is 0. The van der Waals surface area contributed by atoms with Gasteiger partial charge in [-0.15, -0.1) is 0 Å². The number of ether oxygens (including phenoxy) is 2. The summed E-state index contributed by atoms with van der Waals surface area (Å²) in [5, 5.41) is 0. The number of pyridine rings is 1. The van der Waals surface area contributed by atoms with Gasteiger partial charge in [0, 0.05) is 30.4 Å². The fraction of sp³-hybridized carbons (Fsp3) is 0.216. The molecule has 0 spiro atoms. The molecule has 4 aromatic carbocycles. The lowest BCUT2D eigenvalue weighted by atomic mass is 9.88. The van der Waals surface area contributed by atoms with Crippen molar-refractivity contribution < 1.29 is 9.47 Å². The first-order chi connectivity index (χ1) is 20.2. The summed E-state index contributed by atoms with van der Waals surface area (Å²) < 4.78 is 12.3. The molecule has 2 heterocycles. The monoisotopic (exact) mass is 540 g/mol. The Morgan fingerprint density at radius 1 is 0.659 bits per heavy atom. The summed E-state index contributed by atoms with van der Waals surface area (Å²) in [5.41, 5.74) is 8.30. The largest absolute Gasteiger partial charge is 0.473 e. The number of anilines is 1. The van der Waals surface area contributed by atoms with E-state index < -0.39 is 0 Å². The van der Waals surface area contributed by atoms with Gasteiger partial charge < -0.3 is 14.4 Å². The van der Waals surface area contributed by atoms with E-state index in [2.05, 4.69) is 90.7 Å². The Bertz CT molecular complexity index is 1530. The van der Waals surface area contributed by atoms with Crippen molar-refractivity contribution >= 4 is 5.69 Å². The van der Waals surface area contributed by atoms with Gasteiger partial charge in [-0.05, 0) is 66.1 Å². The predicted molar refractivity (Wildman–Crippen MR) is 167 cm³/mol. The van der Waals surface area contributed by atoms with Crippen LogP contribution in [-0.4, -0.2) is 18.1 Å². The van der Waals surface area contributed by atoms with E-state index in [1.54, 1.807) is 0 Å². The highest BCUT2D eigenvalue weighted by Gasteiger charge is 2.21. The van der Waals surface area contributed by atoms with E-state index in [1.807, 2.05) is 42.5 Å². The zero-order valence-electron chi connectivity index (χ0n) is 23.6. The van der Waals surface area contributed by atoms with Crippen LogP contribution in [0.4, 0.5) is 5.69 Å². The number of rotatable bonds is 9. The van der Waals surface area contributed by atoms with E-state index >= 15 is 0 Å². The molecular formula is C37H36N2O2. The van der Waals surface area contributed by atoms with Gasteiger partial charge in [-0.1, -0.05) is 103 Å². The molecule has 1 aliphatic heterocycles. The summed E-state index contributed by atoms with van der Waals surface area (Å²) >= 11 is 0. The van der Waals surface area contributed by atoms with Crippen molar-refractivity contribution in [1.29, 1.82) is 0 Å². The SMILES string of the molecule is Cc1ccc(N2CCC(c3ccc(-c4ccc(OCc5ccccc5)nc4OCc4ccccc4)cc3)CC2)cc1. The number of aromatic nitrogens is 1. The quantitative estimate of drug-likeness (QED) is 0.187. The van der Waals surface area contributed by atoms with Gasteiger partial charge in [-0.3, -0.25) is 0 Å². The molecule has 1 aromatic heterocycles. The predicted octanol–water partition coefficient (Wildman–Crippen LogP) is 8.60. The minimum absolute atomic E-state index is 0.445. The average Bonchev–Trinajstić information content (AvgIpc) is 3.04. The van der Waals surface area contributed by atoms with Crippen LogP contribution in [0.2, 0.25) is 0 Å². The minimum Gasteiger partial charge on any atom is -0.473 e. The van der Waals surface area contributed by atoms with Crippen molar-refractivity contribution in [2.45, 2.75) is 38.9 Å². The van der Waals surface area contributed by atoms with Gasteiger partial charge in [0.1, 0.15) is 13.2 Å². The maximum atomic E-state index is 6.28. The molecule has 0 saturated carbocycles. The van der Waals surface area contributed by atoms with Crippen molar-refractivity contribution in [3.05, 3.63) is 144 Å². The third kappa shape index (κ3) is 6.78. The van der Waals surface area contributed by atoms with Crippen molar-refractivity contribution in [1.82, 2.24) is 4.98 Å². The first-order valence-electron chi connectivity index (χ1n) is 14.5. The Morgan fingerprint density at radius 3 is 1.90 bits per heavy atom. The van der Waals surface area contributed by atoms with Crippen LogP contribution in [-0.2, 0) is 13.2 Å². The molecule has 41 heavy (non-hydrogen) atoms. The lowest BCUT2D eigenvalue weighted by molar-refractivity contribution is 0.268. The second-order valence-electron chi connectivity index (χ2n) is 10.8. The first kappa shape index (κ1) is 26.6. The van der Waals surface area contributed by atoms with Crippen molar-refractivity contribution in [3.63, 3.8) is 0 Å². The molecule has 1 aliphatic rings. The molecule has 0 N–H and O–H groups in total. The molecule has 0 aliphatic carbocycles. The molecule has 4 nitrogen and oxygen atoms in total. The molecule has 0 atom stereocenters. The Labute approximate surface area is 243 Å². The van der Waals surface area contributed by atoms with Crippen molar-refractivity contribution in [2.24, 2.45) is 0 Å². The van der Waals surface area contributed by atoms with Gasteiger partial charge in [-0.25, -0.2) is 0 Å². The van der Waals surface area contributed by atoms with Crippen LogP contribution in [0.3, 0.4) is 0 Å². The summed E-state index contributed by atoms with van der Waals surface area (Å²) in [6, 6.07) is 42.2. The van der Waals surface area contributed by atoms with Gasteiger partial charge in [0.25, 0.3) is 0 Å². The van der Waals surface area contributed by atoms with Gasteiger partial charge >= 0.3 is 0 Å². The molecule has 0 amide bonds. The Hall–Kier alpha value is -4.57. The third-order valence-corrected chi connectivity index (χ3v) is 7.87. The van der Waals surface area contributed by atoms with Crippen molar-refractivity contribution in [2.75, 3.05) is 18.0 Å². The van der Waals surface area contributed by atoms with E-state index in [-0.39, 0.29) is 0 Å². The molecule has 0 unspecified atom stereocenters. The van der Waals surface area contributed by atoms with Gasteiger partial charge in [0.2, 0.25) is 11.8 Å². The van der Waals surface area contributed by atoms with E-state index in [9.17, 15) is 0 Å². The van der Waals surface area contributed by atoms with E-state index in [1.165, 1.54) is 16.8 Å². The average molecular weight is 541 g/mol. The zero-order chi connectivity index (χ0) is 27.9. The topological polar surface area (TPSA) is 34.6 Å². The Morgan fingerprint density at radius 2 is 1.27 bits per heavy atom. The Balaban J connectivity index is 1.16. The van der Waals surface area contributed by atoms with Gasteiger partial charge in [-0.2, -0.15) is 4.98 Å². The molecule has 1 fully saturated rings. The highest BCUT2D eigenvalue weighted by atomic mass is 16.5. The standard InChI is InChI=1S/C37H36N2O2/c1-28-12-18-34(19-13-28)39-24-22-32(23-25-39)31-14-16-33(17-15-31)35-20-21-36(40-26-29-8-4-2-5-9-29)38-37(35)41-27-30-10-6-3-7-11-30/h2-21,32H,22-27H2,1H3. The number of nitrogens with zero attached hydrogens (tertiary/aromatic N) is 2. The maximum absolute atomic E-state index is 6.28. The van der Waals surface area contributed by atoms with E-state index in [0.717, 1.165) is 48.2 Å². The van der Waals surface area contributed by atoms with Crippen LogP contribution >= 0.6 is 0 Å². The van der Waals surface area contributed by atoms with Crippen LogP contribution in [0.1, 0.15) is 41.0 Å². The highest BCUT2D eigenvalue weighted by molar-refractivity contribution is 5.69.